The lowest BCUT2D eigenvalue weighted by atomic mass is 10.1. The van der Waals surface area contributed by atoms with Gasteiger partial charge in [0.1, 0.15) is 12.4 Å². The van der Waals surface area contributed by atoms with Gasteiger partial charge in [0.25, 0.3) is 0 Å². The van der Waals surface area contributed by atoms with Crippen LogP contribution in [-0.2, 0) is 6.61 Å². The molecule has 102 valence electrons. The molecule has 0 aliphatic rings. The molecular weight excluding hydrogens is 260 g/mol. The van der Waals surface area contributed by atoms with Crippen molar-refractivity contribution in [1.29, 1.82) is 0 Å². The van der Waals surface area contributed by atoms with Gasteiger partial charge in [-0.1, -0.05) is 36.4 Å². The molecule has 2 aromatic rings. The van der Waals surface area contributed by atoms with Crippen molar-refractivity contribution >= 4 is 11.9 Å². The van der Waals surface area contributed by atoms with E-state index in [-0.39, 0.29) is 23.5 Å². The zero-order valence-electron chi connectivity index (χ0n) is 10.4. The van der Waals surface area contributed by atoms with E-state index in [4.69, 9.17) is 4.74 Å². The average Bonchev–Trinajstić information content (AvgIpc) is 2.45. The van der Waals surface area contributed by atoms with Crippen LogP contribution in [0.3, 0.4) is 0 Å². The smallest absolute Gasteiger partial charge is 0.128 e. The van der Waals surface area contributed by atoms with Crippen LogP contribution in [0.1, 0.15) is 26.3 Å². The molecule has 0 atom stereocenters. The van der Waals surface area contributed by atoms with Gasteiger partial charge in [-0.05, 0) is 23.3 Å². The van der Waals surface area contributed by atoms with E-state index in [1.54, 1.807) is 24.3 Å². The fraction of sp³-hybridized carbons (Fsp3) is 0.0667. The highest BCUT2D eigenvalue weighted by Crippen LogP contribution is 2.18. The molecular formula is C15H10O5-2. The van der Waals surface area contributed by atoms with Crippen LogP contribution in [0.2, 0.25) is 0 Å². The number of ether oxygens (including phenoxy) is 1. The minimum Gasteiger partial charge on any atom is -0.545 e. The van der Waals surface area contributed by atoms with Gasteiger partial charge < -0.3 is 24.5 Å². The van der Waals surface area contributed by atoms with Gasteiger partial charge in [0.2, 0.25) is 0 Å². The average molecular weight is 270 g/mol. The maximum Gasteiger partial charge on any atom is 0.128 e. The molecule has 2 rings (SSSR count). The number of carboxylic acids is 2. The molecule has 0 radical (unpaired) electrons. The van der Waals surface area contributed by atoms with Gasteiger partial charge in [0.05, 0.1) is 11.9 Å². The zero-order valence-corrected chi connectivity index (χ0v) is 10.4. The number of carbonyl (C=O) groups excluding carboxylic acids is 2. The maximum absolute atomic E-state index is 10.9. The molecule has 20 heavy (non-hydrogen) atoms. The molecule has 0 bridgehead atoms. The largest absolute Gasteiger partial charge is 0.545 e. The van der Waals surface area contributed by atoms with Crippen LogP contribution < -0.4 is 14.9 Å². The minimum atomic E-state index is -1.31. The van der Waals surface area contributed by atoms with Gasteiger partial charge in [0, 0.05) is 5.56 Å². The Bertz CT molecular complexity index is 631. The first-order valence-electron chi connectivity index (χ1n) is 5.81. The van der Waals surface area contributed by atoms with Crippen molar-refractivity contribution < 1.29 is 24.5 Å². The SMILES string of the molecule is O=C([O-])c1ccc(COc2ccccc2C(=O)[O-])cc1. The molecule has 2 aromatic carbocycles. The number of carbonyl (C=O) groups is 2. The van der Waals surface area contributed by atoms with Crippen molar-refractivity contribution in [2.75, 3.05) is 0 Å². The first-order chi connectivity index (χ1) is 9.58. The Labute approximate surface area is 115 Å². The Morgan fingerprint density at radius 2 is 1.55 bits per heavy atom. The molecule has 0 heterocycles. The summed E-state index contributed by atoms with van der Waals surface area (Å²) in [6.45, 7) is 0.123. The van der Waals surface area contributed by atoms with Crippen LogP contribution in [0.5, 0.6) is 5.75 Å². The van der Waals surface area contributed by atoms with E-state index in [0.717, 1.165) is 0 Å². The number of carboxylic acid groups (broad SMARTS) is 2. The van der Waals surface area contributed by atoms with Crippen molar-refractivity contribution in [2.24, 2.45) is 0 Å². The molecule has 0 aliphatic heterocycles. The molecule has 0 N–H and O–H groups in total. The molecule has 0 unspecified atom stereocenters. The maximum atomic E-state index is 10.9. The highest BCUT2D eigenvalue weighted by molar-refractivity contribution is 5.89. The number of hydrogen-bond donors (Lipinski definition) is 0. The predicted molar refractivity (Wildman–Crippen MR) is 65.9 cm³/mol. The zero-order chi connectivity index (χ0) is 14.5. The summed E-state index contributed by atoms with van der Waals surface area (Å²) in [7, 11) is 0. The normalized spacial score (nSPS) is 10.0. The quantitative estimate of drug-likeness (QED) is 0.762. The second kappa shape index (κ2) is 5.88. The first-order valence-corrected chi connectivity index (χ1v) is 5.81. The molecule has 0 aromatic heterocycles. The van der Waals surface area contributed by atoms with Crippen LogP contribution in [0.15, 0.2) is 48.5 Å². The van der Waals surface area contributed by atoms with Gasteiger partial charge >= 0.3 is 0 Å². The third kappa shape index (κ3) is 3.14. The monoisotopic (exact) mass is 270 g/mol. The van der Waals surface area contributed by atoms with E-state index in [9.17, 15) is 19.8 Å². The van der Waals surface area contributed by atoms with Crippen LogP contribution >= 0.6 is 0 Å². The first kappa shape index (κ1) is 13.6. The number of rotatable bonds is 5. The van der Waals surface area contributed by atoms with Crippen LogP contribution in [0, 0.1) is 0 Å². The lowest BCUT2D eigenvalue weighted by molar-refractivity contribution is -0.256. The Kier molecular flexibility index (Phi) is 4.00. The Balaban J connectivity index is 2.09. The molecule has 0 amide bonds. The molecule has 5 heteroatoms. The fourth-order valence-electron chi connectivity index (χ4n) is 1.66. The molecule has 0 aliphatic carbocycles. The van der Waals surface area contributed by atoms with E-state index in [1.165, 1.54) is 24.3 Å². The van der Waals surface area contributed by atoms with Crippen molar-refractivity contribution in [3.05, 3.63) is 65.2 Å². The summed E-state index contributed by atoms with van der Waals surface area (Å²) < 4.78 is 5.40. The second-order valence-corrected chi connectivity index (χ2v) is 4.06. The van der Waals surface area contributed by atoms with Gasteiger partial charge in [-0.3, -0.25) is 0 Å². The van der Waals surface area contributed by atoms with E-state index in [2.05, 4.69) is 0 Å². The molecule has 0 spiro atoms. The lowest BCUT2D eigenvalue weighted by Gasteiger charge is -2.12. The van der Waals surface area contributed by atoms with E-state index >= 15 is 0 Å². The Hall–Kier alpha value is -2.82. The summed E-state index contributed by atoms with van der Waals surface area (Å²) in [4.78, 5) is 21.5. The summed E-state index contributed by atoms with van der Waals surface area (Å²) in [6.07, 6.45) is 0. The van der Waals surface area contributed by atoms with Crippen LogP contribution in [0.25, 0.3) is 0 Å². The Morgan fingerprint density at radius 3 is 2.15 bits per heavy atom. The van der Waals surface area contributed by atoms with Crippen molar-refractivity contribution in [2.45, 2.75) is 6.61 Å². The summed E-state index contributed by atoms with van der Waals surface area (Å²) in [5.41, 5.74) is 0.755. The molecule has 0 saturated carbocycles. The second-order valence-electron chi connectivity index (χ2n) is 4.06. The number of para-hydroxylation sites is 1. The van der Waals surface area contributed by atoms with Crippen LogP contribution in [-0.4, -0.2) is 11.9 Å². The lowest BCUT2D eigenvalue weighted by Crippen LogP contribution is -2.23. The van der Waals surface area contributed by atoms with Crippen molar-refractivity contribution in [3.63, 3.8) is 0 Å². The Morgan fingerprint density at radius 1 is 0.900 bits per heavy atom. The highest BCUT2D eigenvalue weighted by Gasteiger charge is 2.04. The van der Waals surface area contributed by atoms with Gasteiger partial charge in [-0.25, -0.2) is 0 Å². The summed E-state index contributed by atoms with van der Waals surface area (Å²) in [5, 5.41) is 21.5. The van der Waals surface area contributed by atoms with E-state index < -0.39 is 11.9 Å². The number of aromatic carboxylic acids is 2. The number of benzene rings is 2. The molecule has 0 saturated heterocycles. The summed E-state index contributed by atoms with van der Waals surface area (Å²) >= 11 is 0. The van der Waals surface area contributed by atoms with Gasteiger partial charge in [0.15, 0.2) is 0 Å². The summed E-state index contributed by atoms with van der Waals surface area (Å²) in [5.74, 6) is -2.36. The van der Waals surface area contributed by atoms with E-state index in [1.807, 2.05) is 0 Å². The predicted octanol–water partition coefficient (Wildman–Crippen LogP) is -0.00740. The summed E-state index contributed by atoms with van der Waals surface area (Å²) in [6, 6.07) is 12.1. The van der Waals surface area contributed by atoms with Gasteiger partial charge in [-0.15, -0.1) is 0 Å². The third-order valence-corrected chi connectivity index (χ3v) is 2.69. The van der Waals surface area contributed by atoms with E-state index in [0.29, 0.717) is 5.56 Å². The van der Waals surface area contributed by atoms with Crippen molar-refractivity contribution in [3.8, 4) is 5.75 Å². The topological polar surface area (TPSA) is 89.5 Å². The fourth-order valence-corrected chi connectivity index (χ4v) is 1.66. The molecule has 5 nitrogen and oxygen atoms in total. The number of hydrogen-bond acceptors (Lipinski definition) is 5. The highest BCUT2D eigenvalue weighted by atomic mass is 16.5. The van der Waals surface area contributed by atoms with Gasteiger partial charge in [-0.2, -0.15) is 0 Å². The minimum absolute atomic E-state index is 0.0288. The molecule has 0 fully saturated rings. The third-order valence-electron chi connectivity index (χ3n) is 2.69. The van der Waals surface area contributed by atoms with Crippen LogP contribution in [0.4, 0.5) is 0 Å². The van der Waals surface area contributed by atoms with Crippen molar-refractivity contribution in [1.82, 2.24) is 0 Å². The standard InChI is InChI=1S/C15H12O5/c16-14(17)11-7-5-10(6-8-11)9-20-13-4-2-1-3-12(13)15(18)19/h1-8H,9H2,(H,16,17)(H,18,19)/p-2.